The predicted octanol–water partition coefficient (Wildman–Crippen LogP) is 4.08. The van der Waals surface area contributed by atoms with Crippen LogP contribution in [-0.4, -0.2) is 57.1 Å². The van der Waals surface area contributed by atoms with Crippen LogP contribution in [0.2, 0.25) is 0 Å². The summed E-state index contributed by atoms with van der Waals surface area (Å²) < 4.78 is 26.4. The molecule has 0 aliphatic carbocycles. The molecule has 0 radical (unpaired) electrons. The molecule has 0 bridgehead atoms. The molecule has 0 saturated heterocycles. The Morgan fingerprint density at radius 1 is 0.944 bits per heavy atom. The third kappa shape index (κ3) is 9.30. The van der Waals surface area contributed by atoms with Crippen LogP contribution in [0.1, 0.15) is 50.3 Å². The Kier molecular flexibility index (Phi) is 11.0. The van der Waals surface area contributed by atoms with Gasteiger partial charge in [0.25, 0.3) is 0 Å². The Labute approximate surface area is 216 Å². The van der Waals surface area contributed by atoms with E-state index in [9.17, 15) is 18.0 Å². The Bertz CT molecular complexity index is 1100. The van der Waals surface area contributed by atoms with Crippen molar-refractivity contribution in [2.75, 3.05) is 30.2 Å². The average molecular weight is 516 g/mol. The SMILES string of the molecule is Cc1cc(C)cc(N(CCCC(=O)N(CCc2ccccc2)C(C)C(=O)NCC(C)C)S(C)(=O)=O)c1. The molecule has 1 unspecified atom stereocenters. The lowest BCUT2D eigenvalue weighted by atomic mass is 10.1. The highest BCUT2D eigenvalue weighted by atomic mass is 32.2. The molecule has 2 amide bonds. The van der Waals surface area contributed by atoms with Gasteiger partial charge in [-0.05, 0) is 68.4 Å². The molecule has 0 aromatic heterocycles. The van der Waals surface area contributed by atoms with Crippen molar-refractivity contribution in [3.63, 3.8) is 0 Å². The summed E-state index contributed by atoms with van der Waals surface area (Å²) in [4.78, 5) is 27.7. The Morgan fingerprint density at radius 2 is 1.56 bits per heavy atom. The van der Waals surface area contributed by atoms with Crippen LogP contribution in [0.5, 0.6) is 0 Å². The molecule has 0 saturated carbocycles. The van der Waals surface area contributed by atoms with E-state index in [4.69, 9.17) is 0 Å². The lowest BCUT2D eigenvalue weighted by Crippen LogP contribution is -2.49. The van der Waals surface area contributed by atoms with Gasteiger partial charge in [0.05, 0.1) is 11.9 Å². The fourth-order valence-corrected chi connectivity index (χ4v) is 5.07. The van der Waals surface area contributed by atoms with Crippen molar-refractivity contribution in [3.8, 4) is 0 Å². The molecule has 0 fully saturated rings. The molecular weight excluding hydrogens is 474 g/mol. The number of amides is 2. The molecule has 2 aromatic carbocycles. The molecule has 0 aliphatic heterocycles. The molecule has 1 N–H and O–H groups in total. The third-order valence-electron chi connectivity index (χ3n) is 5.98. The Balaban J connectivity index is 2.12. The molecule has 2 aromatic rings. The van der Waals surface area contributed by atoms with Gasteiger partial charge in [0.2, 0.25) is 21.8 Å². The van der Waals surface area contributed by atoms with Crippen molar-refractivity contribution in [1.82, 2.24) is 10.2 Å². The molecule has 0 aliphatic rings. The van der Waals surface area contributed by atoms with Crippen LogP contribution >= 0.6 is 0 Å². The number of nitrogens with zero attached hydrogens (tertiary/aromatic N) is 2. The zero-order chi connectivity index (χ0) is 26.9. The summed E-state index contributed by atoms with van der Waals surface area (Å²) in [6.45, 7) is 10.8. The second kappa shape index (κ2) is 13.4. The van der Waals surface area contributed by atoms with Crippen molar-refractivity contribution in [3.05, 3.63) is 65.2 Å². The maximum atomic E-state index is 13.3. The maximum Gasteiger partial charge on any atom is 0.242 e. The summed E-state index contributed by atoms with van der Waals surface area (Å²) in [7, 11) is -3.52. The number of rotatable bonds is 13. The van der Waals surface area contributed by atoms with Gasteiger partial charge in [0.1, 0.15) is 6.04 Å². The van der Waals surface area contributed by atoms with E-state index in [0.29, 0.717) is 37.5 Å². The molecule has 2 rings (SSSR count). The zero-order valence-electron chi connectivity index (χ0n) is 22.5. The summed E-state index contributed by atoms with van der Waals surface area (Å²) in [6, 6.07) is 14.9. The highest BCUT2D eigenvalue weighted by Gasteiger charge is 2.26. The van der Waals surface area contributed by atoms with Crippen LogP contribution in [0.3, 0.4) is 0 Å². The predicted molar refractivity (Wildman–Crippen MR) is 147 cm³/mol. The monoisotopic (exact) mass is 515 g/mol. The number of hydrogen-bond acceptors (Lipinski definition) is 4. The van der Waals surface area contributed by atoms with E-state index in [0.717, 1.165) is 16.7 Å². The van der Waals surface area contributed by atoms with Gasteiger partial charge in [-0.1, -0.05) is 50.2 Å². The molecule has 7 nitrogen and oxygen atoms in total. The minimum atomic E-state index is -3.52. The molecule has 8 heteroatoms. The Hall–Kier alpha value is -2.87. The molecule has 0 heterocycles. The lowest BCUT2D eigenvalue weighted by Gasteiger charge is -2.29. The number of carbonyl (C=O) groups excluding carboxylic acids is 2. The number of anilines is 1. The third-order valence-corrected chi connectivity index (χ3v) is 7.18. The topological polar surface area (TPSA) is 86.8 Å². The summed E-state index contributed by atoms with van der Waals surface area (Å²) >= 11 is 0. The fourth-order valence-electron chi connectivity index (χ4n) is 4.12. The van der Waals surface area contributed by atoms with Crippen molar-refractivity contribution >= 4 is 27.5 Å². The van der Waals surface area contributed by atoms with Crippen molar-refractivity contribution < 1.29 is 18.0 Å². The summed E-state index contributed by atoms with van der Waals surface area (Å²) in [5, 5.41) is 2.92. The first-order valence-corrected chi connectivity index (χ1v) is 14.4. The van der Waals surface area contributed by atoms with E-state index in [1.807, 2.05) is 76.2 Å². The number of carbonyl (C=O) groups is 2. The zero-order valence-corrected chi connectivity index (χ0v) is 23.3. The second-order valence-electron chi connectivity index (χ2n) is 9.92. The lowest BCUT2D eigenvalue weighted by molar-refractivity contribution is -0.140. The van der Waals surface area contributed by atoms with Gasteiger partial charge in [-0.25, -0.2) is 8.42 Å². The number of hydrogen-bond donors (Lipinski definition) is 1. The van der Waals surface area contributed by atoms with Gasteiger partial charge in [-0.2, -0.15) is 0 Å². The van der Waals surface area contributed by atoms with Crippen LogP contribution in [-0.2, 0) is 26.0 Å². The highest BCUT2D eigenvalue weighted by Crippen LogP contribution is 2.22. The summed E-state index contributed by atoms with van der Waals surface area (Å²) in [5.74, 6) is -0.0352. The van der Waals surface area contributed by atoms with E-state index >= 15 is 0 Å². The second-order valence-corrected chi connectivity index (χ2v) is 11.8. The van der Waals surface area contributed by atoms with Gasteiger partial charge >= 0.3 is 0 Å². The molecule has 36 heavy (non-hydrogen) atoms. The van der Waals surface area contributed by atoms with E-state index in [1.54, 1.807) is 11.8 Å². The molecule has 0 spiro atoms. The van der Waals surface area contributed by atoms with Gasteiger partial charge in [0.15, 0.2) is 0 Å². The fraction of sp³-hybridized carbons (Fsp3) is 0.500. The number of benzene rings is 2. The molecular formula is C28H41N3O4S. The first-order chi connectivity index (χ1) is 16.9. The van der Waals surface area contributed by atoms with Crippen LogP contribution in [0.4, 0.5) is 5.69 Å². The quantitative estimate of drug-likeness (QED) is 0.436. The van der Waals surface area contributed by atoms with Crippen molar-refractivity contribution in [2.45, 2.75) is 59.9 Å². The van der Waals surface area contributed by atoms with E-state index in [-0.39, 0.29) is 24.8 Å². The largest absolute Gasteiger partial charge is 0.354 e. The average Bonchev–Trinajstić information content (AvgIpc) is 2.79. The van der Waals surface area contributed by atoms with E-state index in [1.165, 1.54) is 10.6 Å². The highest BCUT2D eigenvalue weighted by molar-refractivity contribution is 7.92. The minimum absolute atomic E-state index is 0.146. The smallest absolute Gasteiger partial charge is 0.242 e. The Morgan fingerprint density at radius 3 is 2.11 bits per heavy atom. The van der Waals surface area contributed by atoms with Gasteiger partial charge in [-0.3, -0.25) is 13.9 Å². The number of sulfonamides is 1. The molecule has 198 valence electrons. The van der Waals surface area contributed by atoms with Crippen LogP contribution in [0.25, 0.3) is 0 Å². The van der Waals surface area contributed by atoms with Gasteiger partial charge in [-0.15, -0.1) is 0 Å². The van der Waals surface area contributed by atoms with E-state index in [2.05, 4.69) is 5.32 Å². The molecule has 1 atom stereocenters. The normalized spacial score (nSPS) is 12.3. The van der Waals surface area contributed by atoms with Gasteiger partial charge < -0.3 is 10.2 Å². The standard InChI is InChI=1S/C28H41N3O4S/c1-21(2)20-29-28(33)24(5)30(16-14-25-11-8-7-9-12-25)27(32)13-10-15-31(36(6,34)35)26-18-22(3)17-23(4)19-26/h7-9,11-12,17-19,21,24H,10,13-16,20H2,1-6H3,(H,29,33). The minimum Gasteiger partial charge on any atom is -0.354 e. The van der Waals surface area contributed by atoms with Crippen molar-refractivity contribution in [2.24, 2.45) is 5.92 Å². The number of aryl methyl sites for hydroxylation is 2. The summed E-state index contributed by atoms with van der Waals surface area (Å²) in [5.41, 5.74) is 3.64. The maximum absolute atomic E-state index is 13.3. The van der Waals surface area contributed by atoms with E-state index < -0.39 is 16.1 Å². The van der Waals surface area contributed by atoms with Crippen LogP contribution in [0, 0.1) is 19.8 Å². The van der Waals surface area contributed by atoms with Crippen LogP contribution < -0.4 is 9.62 Å². The van der Waals surface area contributed by atoms with Gasteiger partial charge in [0, 0.05) is 26.1 Å². The first-order valence-electron chi connectivity index (χ1n) is 12.6. The van der Waals surface area contributed by atoms with Crippen molar-refractivity contribution in [1.29, 1.82) is 0 Å². The first kappa shape index (κ1) is 29.4. The van der Waals surface area contributed by atoms with Crippen LogP contribution in [0.15, 0.2) is 48.5 Å². The summed E-state index contributed by atoms with van der Waals surface area (Å²) in [6.07, 6.45) is 2.31. The number of nitrogens with one attached hydrogen (secondary N) is 1.